The lowest BCUT2D eigenvalue weighted by molar-refractivity contribution is 0.122. The Labute approximate surface area is 232 Å². The van der Waals surface area contributed by atoms with Gasteiger partial charge in [0.05, 0.1) is 25.7 Å². The maximum atomic E-state index is 13.6. The van der Waals surface area contributed by atoms with Gasteiger partial charge in [0, 0.05) is 35.0 Å². The van der Waals surface area contributed by atoms with Crippen molar-refractivity contribution >= 4 is 24.3 Å². The number of aromatic nitrogens is 5. The molecule has 1 aliphatic carbocycles. The van der Waals surface area contributed by atoms with Gasteiger partial charge in [-0.15, -0.1) is 0 Å². The van der Waals surface area contributed by atoms with E-state index in [1.807, 2.05) is 0 Å². The molecule has 0 amide bonds. The third kappa shape index (κ3) is 6.43. The van der Waals surface area contributed by atoms with E-state index < -0.39 is 25.1 Å². The van der Waals surface area contributed by atoms with Crippen LogP contribution >= 0.6 is 12.2 Å². The van der Waals surface area contributed by atoms with Crippen molar-refractivity contribution in [1.82, 2.24) is 24.7 Å². The molecule has 204 valence electrons. The highest BCUT2D eigenvalue weighted by Gasteiger charge is 2.19. The minimum Gasteiger partial charge on any atom is -0.494 e. The number of hydrogen-bond acceptors (Lipinski definition) is 6. The molecule has 1 fully saturated rings. The van der Waals surface area contributed by atoms with Crippen LogP contribution in [0.5, 0.6) is 5.75 Å². The first kappa shape index (κ1) is 27.2. The molecule has 40 heavy (non-hydrogen) atoms. The number of aromatic amines is 1. The first-order chi connectivity index (χ1) is 19.3. The Morgan fingerprint density at radius 3 is 2.65 bits per heavy atom. The van der Waals surface area contributed by atoms with Gasteiger partial charge in [-0.2, -0.15) is 5.10 Å². The van der Waals surface area contributed by atoms with E-state index in [-0.39, 0.29) is 11.6 Å². The number of ether oxygens (including phenoxy) is 1. The summed E-state index contributed by atoms with van der Waals surface area (Å²) in [6, 6.07) is 6.45. The summed E-state index contributed by atoms with van der Waals surface area (Å²) in [6.07, 6.45) is 4.09. The lowest BCUT2D eigenvalue weighted by atomic mass is 9.95. The number of rotatable bonds is 8. The van der Waals surface area contributed by atoms with Crippen molar-refractivity contribution < 1.29 is 22.3 Å². The van der Waals surface area contributed by atoms with Crippen LogP contribution in [0.15, 0.2) is 54.0 Å². The van der Waals surface area contributed by atoms with Crippen LogP contribution in [-0.4, -0.2) is 44.5 Å². The fraction of sp³-hybridized carbons (Fsp3) is 0.250. The molecule has 1 saturated carbocycles. The fourth-order valence-corrected chi connectivity index (χ4v) is 4.09. The molecule has 1 aliphatic rings. The zero-order valence-electron chi connectivity index (χ0n) is 21.1. The van der Waals surface area contributed by atoms with E-state index in [0.717, 1.165) is 17.5 Å². The van der Waals surface area contributed by atoms with Gasteiger partial charge >= 0.3 is 0 Å². The predicted molar refractivity (Wildman–Crippen MR) is 145 cm³/mol. The molecule has 1 aromatic carbocycles. The Balaban J connectivity index is 1.56. The summed E-state index contributed by atoms with van der Waals surface area (Å²) in [5, 5.41) is 3.99. The van der Waals surface area contributed by atoms with Crippen LogP contribution in [0, 0.1) is 22.4 Å². The molecular formula is C28H22F4N6OS. The third-order valence-electron chi connectivity index (χ3n) is 6.05. The number of hydrogen-bond donors (Lipinski definition) is 1. The molecular weight excluding hydrogens is 544 g/mol. The Morgan fingerprint density at radius 1 is 1.12 bits per heavy atom. The fourth-order valence-electron chi connectivity index (χ4n) is 3.88. The molecule has 0 unspecified atom stereocenters. The van der Waals surface area contributed by atoms with E-state index in [2.05, 4.69) is 36.9 Å². The standard InChI is InChI=1S/C28H22F4N6OS/c1-39-24-13-33-23(26(31)32)9-22(24)21-8-17(19-11-36-38(14-19)15-25(29)30)5-6-18(21)10-34-27-28(40)37-20(12-35-27)7-4-16-2-3-16/h5-6,8-14,16,25-26H,2-3,15H2,1H3,(H,37,40). The van der Waals surface area contributed by atoms with Crippen molar-refractivity contribution in [2.24, 2.45) is 10.9 Å². The summed E-state index contributed by atoms with van der Waals surface area (Å²) < 4.78 is 59.6. The highest BCUT2D eigenvalue weighted by molar-refractivity contribution is 7.71. The van der Waals surface area contributed by atoms with Crippen LogP contribution in [0.1, 0.15) is 36.2 Å². The largest absolute Gasteiger partial charge is 0.494 e. The highest BCUT2D eigenvalue weighted by atomic mass is 32.1. The SMILES string of the molecule is COc1cnc(C(F)F)cc1-c1cc(-c2cnn(CC(F)F)c2)ccc1C=Nc1ncc(C#CC2CC2)[nH]c1=S. The zero-order chi connectivity index (χ0) is 28.2. The summed E-state index contributed by atoms with van der Waals surface area (Å²) in [5.74, 6) is 7.10. The van der Waals surface area contributed by atoms with Crippen LogP contribution < -0.4 is 4.74 Å². The van der Waals surface area contributed by atoms with Crippen molar-refractivity contribution in [3.8, 4) is 39.8 Å². The number of methoxy groups -OCH3 is 1. The van der Waals surface area contributed by atoms with Crippen molar-refractivity contribution in [1.29, 1.82) is 0 Å². The number of benzene rings is 1. The van der Waals surface area contributed by atoms with E-state index in [1.165, 1.54) is 38.0 Å². The number of nitrogens with zero attached hydrogens (tertiary/aromatic N) is 5. The lowest BCUT2D eigenvalue weighted by Crippen LogP contribution is -2.06. The zero-order valence-corrected chi connectivity index (χ0v) is 21.9. The average Bonchev–Trinajstić information content (AvgIpc) is 3.67. The van der Waals surface area contributed by atoms with Gasteiger partial charge in [-0.25, -0.2) is 27.5 Å². The van der Waals surface area contributed by atoms with Crippen LogP contribution in [-0.2, 0) is 6.54 Å². The van der Waals surface area contributed by atoms with Crippen LogP contribution in [0.25, 0.3) is 22.3 Å². The smallest absolute Gasteiger partial charge is 0.280 e. The van der Waals surface area contributed by atoms with Gasteiger partial charge in [0.2, 0.25) is 0 Å². The Bertz CT molecular complexity index is 1680. The second kappa shape index (κ2) is 11.8. The maximum Gasteiger partial charge on any atom is 0.280 e. The van der Waals surface area contributed by atoms with Gasteiger partial charge in [0.15, 0.2) is 5.82 Å². The topological polar surface area (TPSA) is 81.0 Å². The molecule has 0 radical (unpaired) electrons. The van der Waals surface area contributed by atoms with Crippen LogP contribution in [0.3, 0.4) is 0 Å². The van der Waals surface area contributed by atoms with Crippen molar-refractivity contribution in [3.05, 3.63) is 70.6 Å². The summed E-state index contributed by atoms with van der Waals surface area (Å²) >= 11 is 5.40. The van der Waals surface area contributed by atoms with E-state index in [0.29, 0.717) is 44.1 Å². The molecule has 12 heteroatoms. The van der Waals surface area contributed by atoms with Gasteiger partial charge < -0.3 is 9.72 Å². The minimum atomic E-state index is -2.80. The maximum absolute atomic E-state index is 13.6. The lowest BCUT2D eigenvalue weighted by Gasteiger charge is -2.14. The van der Waals surface area contributed by atoms with Gasteiger partial charge in [-0.1, -0.05) is 30.3 Å². The quantitative estimate of drug-likeness (QED) is 0.110. The second-order valence-corrected chi connectivity index (χ2v) is 9.41. The molecule has 5 rings (SSSR count). The van der Waals surface area contributed by atoms with Crippen LogP contribution in [0.4, 0.5) is 23.4 Å². The Morgan fingerprint density at radius 2 is 1.95 bits per heavy atom. The second-order valence-electron chi connectivity index (χ2n) is 9.01. The Kier molecular flexibility index (Phi) is 8.02. The molecule has 0 spiro atoms. The molecule has 1 N–H and O–H groups in total. The van der Waals surface area contributed by atoms with Crippen molar-refractivity contribution in [2.75, 3.05) is 7.11 Å². The average molecular weight is 567 g/mol. The molecule has 0 aliphatic heterocycles. The molecule has 7 nitrogen and oxygen atoms in total. The van der Waals surface area contributed by atoms with E-state index >= 15 is 0 Å². The summed E-state index contributed by atoms with van der Waals surface area (Å²) in [7, 11) is 1.41. The monoisotopic (exact) mass is 566 g/mol. The number of nitrogens with one attached hydrogen (secondary N) is 1. The number of alkyl halides is 4. The van der Waals surface area contributed by atoms with Crippen LogP contribution in [0.2, 0.25) is 0 Å². The molecule has 3 aromatic heterocycles. The first-order valence-electron chi connectivity index (χ1n) is 12.2. The third-order valence-corrected chi connectivity index (χ3v) is 6.33. The molecule has 0 atom stereocenters. The summed E-state index contributed by atoms with van der Waals surface area (Å²) in [6.45, 7) is -0.550. The van der Waals surface area contributed by atoms with Gasteiger partial charge in [-0.05, 0) is 42.0 Å². The predicted octanol–water partition coefficient (Wildman–Crippen LogP) is 6.79. The van der Waals surface area contributed by atoms with Gasteiger partial charge in [-0.3, -0.25) is 9.67 Å². The van der Waals surface area contributed by atoms with E-state index in [1.54, 1.807) is 24.4 Å². The summed E-state index contributed by atoms with van der Waals surface area (Å²) in [5.41, 5.74) is 2.74. The molecule has 4 aromatic rings. The highest BCUT2D eigenvalue weighted by Crippen LogP contribution is 2.36. The van der Waals surface area contributed by atoms with Crippen molar-refractivity contribution in [3.63, 3.8) is 0 Å². The number of aliphatic imine (C=N–C) groups is 1. The molecule has 0 bridgehead atoms. The van der Waals surface area contributed by atoms with E-state index in [4.69, 9.17) is 17.0 Å². The van der Waals surface area contributed by atoms with E-state index in [9.17, 15) is 17.6 Å². The molecule has 3 heterocycles. The molecule has 0 saturated heterocycles. The Hall–Kier alpha value is -4.37. The van der Waals surface area contributed by atoms with Crippen molar-refractivity contribution in [2.45, 2.75) is 32.2 Å². The normalized spacial score (nSPS) is 13.2. The number of pyridine rings is 1. The first-order valence-corrected chi connectivity index (χ1v) is 12.6. The number of H-pyrrole nitrogens is 1. The summed E-state index contributed by atoms with van der Waals surface area (Å²) in [4.78, 5) is 15.6. The van der Waals surface area contributed by atoms with Gasteiger partial charge in [0.25, 0.3) is 12.9 Å². The number of halogens is 4. The van der Waals surface area contributed by atoms with Gasteiger partial charge in [0.1, 0.15) is 28.3 Å². The minimum absolute atomic E-state index is 0.255.